The van der Waals surface area contributed by atoms with Gasteiger partial charge in [-0.3, -0.25) is 4.79 Å². The van der Waals surface area contributed by atoms with E-state index in [-0.39, 0.29) is 11.4 Å². The van der Waals surface area contributed by atoms with E-state index in [0.29, 0.717) is 5.56 Å². The highest BCUT2D eigenvalue weighted by Crippen LogP contribution is 2.21. The molecule has 0 radical (unpaired) electrons. The molecule has 1 aromatic rings. The third kappa shape index (κ3) is 3.07. The summed E-state index contributed by atoms with van der Waals surface area (Å²) >= 11 is 0. The summed E-state index contributed by atoms with van der Waals surface area (Å²) in [5.41, 5.74) is 1.71. The normalized spacial score (nSPS) is 18.2. The fraction of sp³-hybridized carbons (Fsp3) is 0.533. The minimum Gasteiger partial charge on any atom is -0.496 e. The van der Waals surface area contributed by atoms with Crippen LogP contribution < -0.4 is 10.1 Å². The first-order valence-electron chi connectivity index (χ1n) is 6.62. The number of benzene rings is 1. The zero-order chi connectivity index (χ0) is 14.0. The second kappa shape index (κ2) is 5.21. The molecule has 0 bridgehead atoms. The third-order valence-corrected chi connectivity index (χ3v) is 3.51. The van der Waals surface area contributed by atoms with Gasteiger partial charge in [0.2, 0.25) is 0 Å². The molecule has 1 aliphatic rings. The first kappa shape index (κ1) is 13.9. The van der Waals surface area contributed by atoms with Gasteiger partial charge < -0.3 is 15.0 Å². The van der Waals surface area contributed by atoms with Gasteiger partial charge >= 0.3 is 0 Å². The quantitative estimate of drug-likeness (QED) is 0.884. The number of nitrogens with one attached hydrogen (secondary N) is 1. The third-order valence-electron chi connectivity index (χ3n) is 3.51. The molecule has 4 heteroatoms. The van der Waals surface area contributed by atoms with Crippen LogP contribution in [0.4, 0.5) is 0 Å². The van der Waals surface area contributed by atoms with Crippen LogP contribution in [-0.4, -0.2) is 43.1 Å². The van der Waals surface area contributed by atoms with E-state index in [1.54, 1.807) is 7.11 Å². The summed E-state index contributed by atoms with van der Waals surface area (Å²) in [4.78, 5) is 14.4. The minimum absolute atomic E-state index is 0.0251. The van der Waals surface area contributed by atoms with E-state index < -0.39 is 0 Å². The van der Waals surface area contributed by atoms with Crippen LogP contribution >= 0.6 is 0 Å². The molecule has 1 N–H and O–H groups in total. The largest absolute Gasteiger partial charge is 0.496 e. The number of amides is 1. The van der Waals surface area contributed by atoms with Gasteiger partial charge in [-0.05, 0) is 38.5 Å². The van der Waals surface area contributed by atoms with Gasteiger partial charge in [0.15, 0.2) is 0 Å². The predicted molar refractivity (Wildman–Crippen MR) is 75.7 cm³/mol. The first-order chi connectivity index (χ1) is 8.93. The number of ether oxygens (including phenoxy) is 1. The smallest absolute Gasteiger partial charge is 0.254 e. The lowest BCUT2D eigenvalue weighted by Crippen LogP contribution is -2.58. The van der Waals surface area contributed by atoms with E-state index in [2.05, 4.69) is 19.2 Å². The summed E-state index contributed by atoms with van der Waals surface area (Å²) in [6, 6.07) is 5.63. The summed E-state index contributed by atoms with van der Waals surface area (Å²) in [6.07, 6.45) is 0. The maximum absolute atomic E-state index is 12.5. The van der Waals surface area contributed by atoms with Gasteiger partial charge in [0.25, 0.3) is 5.91 Å². The summed E-state index contributed by atoms with van der Waals surface area (Å²) in [5, 5.41) is 3.41. The Kier molecular flexibility index (Phi) is 3.80. The van der Waals surface area contributed by atoms with Crippen LogP contribution in [0.2, 0.25) is 0 Å². The highest BCUT2D eigenvalue weighted by molar-refractivity contribution is 5.95. The van der Waals surface area contributed by atoms with Gasteiger partial charge in [-0.15, -0.1) is 0 Å². The van der Waals surface area contributed by atoms with Crippen molar-refractivity contribution in [2.75, 3.05) is 26.7 Å². The Bertz CT molecular complexity index is 483. The van der Waals surface area contributed by atoms with E-state index in [0.717, 1.165) is 30.9 Å². The van der Waals surface area contributed by atoms with Gasteiger partial charge in [0.05, 0.1) is 7.11 Å². The Morgan fingerprint density at radius 3 is 2.79 bits per heavy atom. The number of hydrogen-bond donors (Lipinski definition) is 1. The van der Waals surface area contributed by atoms with Gasteiger partial charge in [-0.1, -0.05) is 6.07 Å². The Hall–Kier alpha value is -1.55. The van der Waals surface area contributed by atoms with Crippen molar-refractivity contribution in [3.8, 4) is 5.75 Å². The SMILES string of the molecule is COc1cc(C(=O)N2CCNC(C)(C)C2)ccc1C. The van der Waals surface area contributed by atoms with Crippen LogP contribution in [0.3, 0.4) is 0 Å². The molecule has 1 fully saturated rings. The molecule has 0 saturated carbocycles. The second-order valence-electron chi connectivity index (χ2n) is 5.72. The van der Waals surface area contributed by atoms with Crippen LogP contribution in [-0.2, 0) is 0 Å². The fourth-order valence-electron chi connectivity index (χ4n) is 2.45. The Labute approximate surface area is 114 Å². The van der Waals surface area contributed by atoms with E-state index in [1.165, 1.54) is 0 Å². The minimum atomic E-state index is -0.0251. The Morgan fingerprint density at radius 1 is 1.42 bits per heavy atom. The number of methoxy groups -OCH3 is 1. The van der Waals surface area contributed by atoms with E-state index in [9.17, 15) is 4.79 Å². The average molecular weight is 262 g/mol. The maximum Gasteiger partial charge on any atom is 0.254 e. The number of nitrogens with zero attached hydrogens (tertiary/aromatic N) is 1. The molecule has 1 aliphatic heterocycles. The van der Waals surface area contributed by atoms with Crippen LogP contribution in [0.15, 0.2) is 18.2 Å². The number of aryl methyl sites for hydroxylation is 1. The number of piperazine rings is 1. The van der Waals surface area contributed by atoms with Gasteiger partial charge in [0.1, 0.15) is 5.75 Å². The molecule has 2 rings (SSSR count). The van der Waals surface area contributed by atoms with E-state index in [1.807, 2.05) is 30.0 Å². The molecule has 19 heavy (non-hydrogen) atoms. The molecule has 0 unspecified atom stereocenters. The van der Waals surface area contributed by atoms with Crippen molar-refractivity contribution in [2.45, 2.75) is 26.3 Å². The van der Waals surface area contributed by atoms with Crippen molar-refractivity contribution in [3.63, 3.8) is 0 Å². The lowest BCUT2D eigenvalue weighted by atomic mass is 10.0. The standard InChI is InChI=1S/C15H22N2O2/c1-11-5-6-12(9-13(11)19-4)14(18)17-8-7-16-15(2,3)10-17/h5-6,9,16H,7-8,10H2,1-4H3. The molecule has 0 aromatic heterocycles. The van der Waals surface area contributed by atoms with Crippen molar-refractivity contribution in [1.82, 2.24) is 10.2 Å². The Morgan fingerprint density at radius 2 is 2.16 bits per heavy atom. The highest BCUT2D eigenvalue weighted by atomic mass is 16.5. The average Bonchev–Trinajstić information content (AvgIpc) is 2.37. The summed E-state index contributed by atoms with van der Waals surface area (Å²) in [5.74, 6) is 0.841. The van der Waals surface area contributed by atoms with E-state index in [4.69, 9.17) is 4.74 Å². The molecule has 1 heterocycles. The van der Waals surface area contributed by atoms with Crippen LogP contribution in [0.5, 0.6) is 5.75 Å². The number of carbonyl (C=O) groups excluding carboxylic acids is 1. The molecule has 0 spiro atoms. The topological polar surface area (TPSA) is 41.6 Å². The summed E-state index contributed by atoms with van der Waals surface area (Å²) < 4.78 is 5.28. The fourth-order valence-corrected chi connectivity index (χ4v) is 2.45. The Balaban J connectivity index is 2.19. The highest BCUT2D eigenvalue weighted by Gasteiger charge is 2.29. The van der Waals surface area contributed by atoms with Gasteiger partial charge in [-0.2, -0.15) is 0 Å². The zero-order valence-electron chi connectivity index (χ0n) is 12.1. The van der Waals surface area contributed by atoms with Crippen LogP contribution in [0.1, 0.15) is 29.8 Å². The van der Waals surface area contributed by atoms with Crippen LogP contribution in [0, 0.1) is 6.92 Å². The lowest BCUT2D eigenvalue weighted by molar-refractivity contribution is 0.0652. The van der Waals surface area contributed by atoms with E-state index >= 15 is 0 Å². The molecule has 0 atom stereocenters. The molecule has 1 amide bonds. The number of carbonyl (C=O) groups is 1. The molecule has 1 saturated heterocycles. The predicted octanol–water partition coefficient (Wildman–Crippen LogP) is 1.83. The van der Waals surface area contributed by atoms with Crippen molar-refractivity contribution in [3.05, 3.63) is 29.3 Å². The first-order valence-corrected chi connectivity index (χ1v) is 6.62. The zero-order valence-corrected chi connectivity index (χ0v) is 12.1. The summed E-state index contributed by atoms with van der Waals surface area (Å²) in [6.45, 7) is 8.51. The van der Waals surface area contributed by atoms with Gasteiger partial charge in [0, 0.05) is 30.7 Å². The summed E-state index contributed by atoms with van der Waals surface area (Å²) in [7, 11) is 1.63. The van der Waals surface area contributed by atoms with Crippen LogP contribution in [0.25, 0.3) is 0 Å². The van der Waals surface area contributed by atoms with Crippen molar-refractivity contribution >= 4 is 5.91 Å². The molecule has 104 valence electrons. The monoisotopic (exact) mass is 262 g/mol. The molecular weight excluding hydrogens is 240 g/mol. The van der Waals surface area contributed by atoms with Crippen molar-refractivity contribution in [1.29, 1.82) is 0 Å². The van der Waals surface area contributed by atoms with Crippen molar-refractivity contribution in [2.24, 2.45) is 0 Å². The molecule has 4 nitrogen and oxygen atoms in total. The molecular formula is C15H22N2O2. The second-order valence-corrected chi connectivity index (χ2v) is 5.72. The molecule has 0 aliphatic carbocycles. The van der Waals surface area contributed by atoms with Crippen molar-refractivity contribution < 1.29 is 9.53 Å². The molecule has 1 aromatic carbocycles. The maximum atomic E-state index is 12.5. The number of hydrogen-bond acceptors (Lipinski definition) is 3. The lowest BCUT2D eigenvalue weighted by Gasteiger charge is -2.39. The number of rotatable bonds is 2. The van der Waals surface area contributed by atoms with Gasteiger partial charge in [-0.25, -0.2) is 0 Å².